The highest BCUT2D eigenvalue weighted by Crippen LogP contribution is 2.77. The van der Waals surface area contributed by atoms with Gasteiger partial charge in [-0.25, -0.2) is 0 Å². The summed E-state index contributed by atoms with van der Waals surface area (Å²) < 4.78 is 42.7. The first-order valence-electron chi connectivity index (χ1n) is 15.3. The normalized spacial score (nSPS) is 45.2. The van der Waals surface area contributed by atoms with Gasteiger partial charge in [0.1, 0.15) is 6.10 Å². The van der Waals surface area contributed by atoms with Crippen molar-refractivity contribution in [1.29, 1.82) is 0 Å². The summed E-state index contributed by atoms with van der Waals surface area (Å²) >= 11 is 0. The number of ether oxygens (including phenoxy) is 2. The number of esters is 2. The molecular formula is C33H48F2O5. The van der Waals surface area contributed by atoms with Crippen molar-refractivity contribution in [2.75, 3.05) is 7.11 Å². The van der Waals surface area contributed by atoms with Gasteiger partial charge in [-0.15, -0.1) is 0 Å². The van der Waals surface area contributed by atoms with Gasteiger partial charge < -0.3 is 9.47 Å². The molecule has 0 aromatic rings. The van der Waals surface area contributed by atoms with Crippen LogP contribution in [0.5, 0.6) is 0 Å². The van der Waals surface area contributed by atoms with Crippen LogP contribution >= 0.6 is 0 Å². The van der Waals surface area contributed by atoms with E-state index < -0.39 is 29.0 Å². The average Bonchev–Trinajstić information content (AvgIpc) is 3.03. The second-order valence-corrected chi connectivity index (χ2v) is 15.4. The molecule has 4 saturated carbocycles. The maximum absolute atomic E-state index is 15.9. The number of ketones is 1. The van der Waals surface area contributed by atoms with E-state index in [1.54, 1.807) is 13.8 Å². The van der Waals surface area contributed by atoms with Crippen LogP contribution in [-0.2, 0) is 23.9 Å². The first-order valence-corrected chi connectivity index (χ1v) is 15.3. The maximum Gasteiger partial charge on any atom is 0.328 e. The number of halogens is 2. The van der Waals surface area contributed by atoms with Crippen LogP contribution in [-0.4, -0.2) is 36.9 Å². The van der Waals surface area contributed by atoms with Gasteiger partial charge in [0.2, 0.25) is 5.78 Å². The van der Waals surface area contributed by atoms with Crippen molar-refractivity contribution in [3.8, 4) is 0 Å². The lowest BCUT2D eigenvalue weighted by Crippen LogP contribution is -2.66. The number of hydrogen-bond acceptors (Lipinski definition) is 5. The van der Waals surface area contributed by atoms with Crippen LogP contribution in [0.1, 0.15) is 107 Å². The largest absolute Gasteiger partial charge is 0.468 e. The zero-order valence-corrected chi connectivity index (χ0v) is 25.8. The van der Waals surface area contributed by atoms with Crippen LogP contribution in [0.2, 0.25) is 0 Å². The van der Waals surface area contributed by atoms with Crippen molar-refractivity contribution < 1.29 is 32.6 Å². The molecule has 0 radical (unpaired) electrons. The zero-order chi connectivity index (χ0) is 29.8. The van der Waals surface area contributed by atoms with Gasteiger partial charge >= 0.3 is 17.9 Å². The van der Waals surface area contributed by atoms with Gasteiger partial charge in [0.15, 0.2) is 5.41 Å². The second-order valence-electron chi connectivity index (χ2n) is 15.4. The van der Waals surface area contributed by atoms with Gasteiger partial charge in [0, 0.05) is 17.9 Å². The van der Waals surface area contributed by atoms with Gasteiger partial charge in [-0.05, 0) is 96.9 Å². The highest BCUT2D eigenvalue weighted by Gasteiger charge is 2.76. The summed E-state index contributed by atoms with van der Waals surface area (Å²) in [6, 6.07) is 0. The van der Waals surface area contributed by atoms with Crippen molar-refractivity contribution in [3.63, 3.8) is 0 Å². The van der Waals surface area contributed by atoms with E-state index in [0.29, 0.717) is 30.3 Å². The van der Waals surface area contributed by atoms with E-state index in [2.05, 4.69) is 34.6 Å². The Hall–Kier alpha value is -1.79. The summed E-state index contributed by atoms with van der Waals surface area (Å²) in [6.07, 6.45) is 5.76. The monoisotopic (exact) mass is 562 g/mol. The minimum absolute atomic E-state index is 0.0166. The molecule has 5 nitrogen and oxygen atoms in total. The summed E-state index contributed by atoms with van der Waals surface area (Å²) in [7, 11) is 1.20. The predicted octanol–water partition coefficient (Wildman–Crippen LogP) is 7.32. The Labute approximate surface area is 238 Å². The molecule has 0 aromatic heterocycles. The molecule has 0 saturated heterocycles. The number of alkyl halides is 2. The molecule has 7 heteroatoms. The number of fused-ring (bicyclic) bond motifs is 7. The van der Waals surface area contributed by atoms with Crippen LogP contribution in [0.3, 0.4) is 0 Å². The molecule has 0 amide bonds. The summed E-state index contributed by atoms with van der Waals surface area (Å²) in [5, 5.41) is 0. The molecule has 0 N–H and O–H groups in total. The van der Waals surface area contributed by atoms with E-state index in [1.807, 2.05) is 0 Å². The number of hydrogen-bond donors (Lipinski definition) is 0. The summed E-state index contributed by atoms with van der Waals surface area (Å²) in [4.78, 5) is 38.8. The first-order chi connectivity index (χ1) is 18.4. The van der Waals surface area contributed by atoms with E-state index in [-0.39, 0.29) is 51.6 Å². The molecule has 5 rings (SSSR count). The van der Waals surface area contributed by atoms with Crippen molar-refractivity contribution in [1.82, 2.24) is 0 Å². The summed E-state index contributed by atoms with van der Waals surface area (Å²) in [6.45, 7) is 16.5. The smallest absolute Gasteiger partial charge is 0.328 e. The Morgan fingerprint density at radius 2 is 1.52 bits per heavy atom. The van der Waals surface area contributed by atoms with Crippen LogP contribution < -0.4 is 0 Å². The Bertz CT molecular complexity index is 1170. The number of allylic oxidation sites excluding steroid dienone is 1. The Balaban J connectivity index is 1.61. The molecule has 5 aliphatic rings. The van der Waals surface area contributed by atoms with Gasteiger partial charge in [-0.2, -0.15) is 8.78 Å². The van der Waals surface area contributed by atoms with Crippen LogP contribution in [0, 0.1) is 50.7 Å². The van der Waals surface area contributed by atoms with E-state index in [4.69, 9.17) is 9.47 Å². The van der Waals surface area contributed by atoms with E-state index in [9.17, 15) is 14.4 Å². The molecule has 0 aromatic carbocycles. The highest BCUT2D eigenvalue weighted by atomic mass is 19.3. The van der Waals surface area contributed by atoms with Crippen molar-refractivity contribution in [3.05, 3.63) is 11.1 Å². The molecule has 0 unspecified atom stereocenters. The summed E-state index contributed by atoms with van der Waals surface area (Å²) in [5.41, 5.74) is -2.26. The van der Waals surface area contributed by atoms with Gasteiger partial charge in [-0.3, -0.25) is 14.4 Å². The van der Waals surface area contributed by atoms with E-state index in [1.165, 1.54) is 14.0 Å². The Morgan fingerprint density at radius 1 is 0.875 bits per heavy atom. The lowest BCUT2D eigenvalue weighted by molar-refractivity contribution is -0.232. The lowest BCUT2D eigenvalue weighted by Gasteiger charge is -2.71. The molecule has 40 heavy (non-hydrogen) atoms. The fourth-order valence-electron chi connectivity index (χ4n) is 11.5. The quantitative estimate of drug-likeness (QED) is 0.205. The highest BCUT2D eigenvalue weighted by molar-refractivity contribution is 6.14. The zero-order valence-electron chi connectivity index (χ0n) is 25.8. The third-order valence-electron chi connectivity index (χ3n) is 13.4. The third kappa shape index (κ3) is 3.38. The molecule has 0 heterocycles. The Kier molecular flexibility index (Phi) is 6.58. The minimum Gasteiger partial charge on any atom is -0.468 e. The van der Waals surface area contributed by atoms with Crippen molar-refractivity contribution in [2.24, 2.45) is 50.7 Å². The standard InChI is InChI=1S/C33H48F2O5/c1-18(2)24-25-20-10-11-22-29(6)14-13-23(40-19(3)36)28(4,5)21(29)12-15-31(22,8)30(20,7)16-17-32(25,27(38)39-9)26(37)33(24,34)35/h18,20-23H,10-17H2,1-9H3/t20-,21+,22-,23+,29+,30-,31-,32+/m1/s1. The van der Waals surface area contributed by atoms with Crippen LogP contribution in [0.25, 0.3) is 0 Å². The number of methoxy groups -OCH3 is 1. The number of rotatable bonds is 3. The fourth-order valence-corrected chi connectivity index (χ4v) is 11.5. The van der Waals surface area contributed by atoms with Gasteiger partial charge in [0.25, 0.3) is 0 Å². The average molecular weight is 563 g/mol. The topological polar surface area (TPSA) is 69.7 Å². The molecule has 224 valence electrons. The third-order valence-corrected chi connectivity index (χ3v) is 13.4. The number of carbonyl (C=O) groups excluding carboxylic acids is 3. The second kappa shape index (κ2) is 8.86. The first kappa shape index (κ1) is 29.7. The van der Waals surface area contributed by atoms with Crippen LogP contribution in [0.4, 0.5) is 8.78 Å². The number of carbonyl (C=O) groups is 3. The van der Waals surface area contributed by atoms with Crippen LogP contribution in [0.15, 0.2) is 11.1 Å². The lowest BCUT2D eigenvalue weighted by atomic mass is 9.33. The fraction of sp³-hybridized carbons (Fsp3) is 0.848. The van der Waals surface area contributed by atoms with Gasteiger partial charge in [-0.1, -0.05) is 48.5 Å². The molecule has 0 bridgehead atoms. The molecule has 8 atom stereocenters. The van der Waals surface area contributed by atoms with E-state index in [0.717, 1.165) is 32.1 Å². The maximum atomic E-state index is 15.9. The molecule has 0 spiro atoms. The van der Waals surface area contributed by atoms with E-state index >= 15 is 8.78 Å². The molecule has 5 aliphatic carbocycles. The molecular weight excluding hydrogens is 514 g/mol. The summed E-state index contributed by atoms with van der Waals surface area (Å²) in [5.74, 6) is -6.09. The van der Waals surface area contributed by atoms with Crippen molar-refractivity contribution in [2.45, 2.75) is 119 Å². The SMILES string of the molecule is COC(=O)[C@@]12CC[C@]3(C)[C@H](CC[C@@H]4[C@@]5(C)CC[C@H](OC(C)=O)C(C)(C)[C@@H]5CC[C@]43C)C1=C(C(C)C)C(F)(F)C2=O. The minimum atomic E-state index is -3.66. The molecule has 4 fully saturated rings. The van der Waals surface area contributed by atoms with Gasteiger partial charge in [0.05, 0.1) is 7.11 Å². The predicted molar refractivity (Wildman–Crippen MR) is 147 cm³/mol. The number of Topliss-reactive ketones (excluding diaryl/α,β-unsaturated/α-hetero) is 1. The Morgan fingerprint density at radius 3 is 2.10 bits per heavy atom. The van der Waals surface area contributed by atoms with Crippen molar-refractivity contribution >= 4 is 17.7 Å². The molecule has 0 aliphatic heterocycles.